The molecular formula is C25H47NO2. The van der Waals surface area contributed by atoms with Crippen molar-refractivity contribution in [2.75, 3.05) is 27.2 Å². The van der Waals surface area contributed by atoms with Gasteiger partial charge in [0.25, 0.3) is 0 Å². The van der Waals surface area contributed by atoms with Gasteiger partial charge in [-0.25, -0.2) is 4.79 Å². The third kappa shape index (κ3) is 12.6. The maximum Gasteiger partial charge on any atom is 0.333 e. The zero-order valence-electron chi connectivity index (χ0n) is 19.1. The molecule has 0 aliphatic heterocycles. The monoisotopic (exact) mass is 393 g/mol. The Morgan fingerprint density at radius 3 is 2.11 bits per heavy atom. The van der Waals surface area contributed by atoms with Crippen LogP contribution in [0.3, 0.4) is 0 Å². The van der Waals surface area contributed by atoms with Crippen LogP contribution in [0.2, 0.25) is 0 Å². The minimum absolute atomic E-state index is 0.252. The highest BCUT2D eigenvalue weighted by molar-refractivity contribution is 5.86. The molecule has 1 aliphatic carbocycles. The van der Waals surface area contributed by atoms with Crippen molar-refractivity contribution in [3.05, 3.63) is 12.2 Å². The number of carbonyl (C=O) groups excluding carboxylic acids is 1. The molecule has 1 saturated carbocycles. The van der Waals surface area contributed by atoms with Gasteiger partial charge in [0, 0.05) is 5.57 Å². The van der Waals surface area contributed by atoms with Crippen LogP contribution in [-0.2, 0) is 9.53 Å². The van der Waals surface area contributed by atoms with Crippen LogP contribution in [0.4, 0.5) is 0 Å². The van der Waals surface area contributed by atoms with Crippen LogP contribution in [0.1, 0.15) is 103 Å². The summed E-state index contributed by atoms with van der Waals surface area (Å²) in [6.07, 6.45) is 20.5. The molecule has 0 aromatic carbocycles. The summed E-state index contributed by atoms with van der Waals surface area (Å²) in [4.78, 5) is 13.6. The first-order chi connectivity index (χ1) is 13.5. The third-order valence-electron chi connectivity index (χ3n) is 6.30. The highest BCUT2D eigenvalue weighted by Gasteiger charge is 2.22. The lowest BCUT2D eigenvalue weighted by Gasteiger charge is -2.31. The quantitative estimate of drug-likeness (QED) is 0.165. The zero-order chi connectivity index (χ0) is 20.6. The second-order valence-electron chi connectivity index (χ2n) is 9.28. The number of esters is 1. The third-order valence-corrected chi connectivity index (χ3v) is 6.30. The second-order valence-corrected chi connectivity index (χ2v) is 9.28. The first-order valence-corrected chi connectivity index (χ1v) is 12.0. The lowest BCUT2D eigenvalue weighted by Crippen LogP contribution is -2.20. The zero-order valence-corrected chi connectivity index (χ0v) is 19.1. The molecule has 0 radical (unpaired) electrons. The van der Waals surface area contributed by atoms with Gasteiger partial charge in [-0.3, -0.25) is 0 Å². The minimum atomic E-state index is -0.252. The van der Waals surface area contributed by atoms with Gasteiger partial charge in [0.1, 0.15) is 0 Å². The number of nitrogens with zero attached hydrogens (tertiary/aromatic N) is 1. The molecule has 0 bridgehead atoms. The molecule has 1 aliphatic rings. The molecule has 3 nitrogen and oxygen atoms in total. The van der Waals surface area contributed by atoms with E-state index in [1.54, 1.807) is 6.92 Å². The van der Waals surface area contributed by atoms with E-state index in [-0.39, 0.29) is 5.97 Å². The fourth-order valence-corrected chi connectivity index (χ4v) is 4.57. The summed E-state index contributed by atoms with van der Waals surface area (Å²) in [5.41, 5.74) is 0.494. The van der Waals surface area contributed by atoms with Crippen molar-refractivity contribution in [3.63, 3.8) is 0 Å². The topological polar surface area (TPSA) is 29.5 Å². The summed E-state index contributed by atoms with van der Waals surface area (Å²) in [7, 11) is 4.39. The molecule has 1 unspecified atom stereocenters. The molecule has 164 valence electrons. The van der Waals surface area contributed by atoms with E-state index in [2.05, 4.69) is 25.6 Å². The predicted octanol–water partition coefficient (Wildman–Crippen LogP) is 6.76. The van der Waals surface area contributed by atoms with Gasteiger partial charge in [0.15, 0.2) is 0 Å². The molecule has 0 aromatic rings. The maximum atomic E-state index is 11.3. The highest BCUT2D eigenvalue weighted by Crippen LogP contribution is 2.35. The Kier molecular flexibility index (Phi) is 14.4. The van der Waals surface area contributed by atoms with E-state index in [1.165, 1.54) is 96.4 Å². The van der Waals surface area contributed by atoms with E-state index in [0.717, 1.165) is 18.3 Å². The summed E-state index contributed by atoms with van der Waals surface area (Å²) in [6.45, 7) is 7.08. The molecule has 0 spiro atoms. The summed E-state index contributed by atoms with van der Waals surface area (Å²) in [5.74, 6) is 1.74. The van der Waals surface area contributed by atoms with E-state index in [4.69, 9.17) is 4.74 Å². The Morgan fingerprint density at radius 2 is 1.50 bits per heavy atom. The molecule has 28 heavy (non-hydrogen) atoms. The SMILES string of the molecule is C=C(C)C(=O)OCCCCCCCCCC(CCCN(C)C)C1CCCCC1. The minimum Gasteiger partial charge on any atom is -0.462 e. The molecule has 0 aromatic heterocycles. The Bertz CT molecular complexity index is 413. The number of rotatable bonds is 16. The fourth-order valence-electron chi connectivity index (χ4n) is 4.57. The molecule has 1 atom stereocenters. The van der Waals surface area contributed by atoms with Crippen molar-refractivity contribution >= 4 is 5.97 Å². The lowest BCUT2D eigenvalue weighted by atomic mass is 9.76. The van der Waals surface area contributed by atoms with Crippen LogP contribution >= 0.6 is 0 Å². The predicted molar refractivity (Wildman–Crippen MR) is 121 cm³/mol. The largest absolute Gasteiger partial charge is 0.462 e. The Morgan fingerprint density at radius 1 is 0.929 bits per heavy atom. The summed E-state index contributed by atoms with van der Waals surface area (Å²) in [5, 5.41) is 0. The summed E-state index contributed by atoms with van der Waals surface area (Å²) >= 11 is 0. The average Bonchev–Trinajstić information content (AvgIpc) is 2.68. The molecule has 0 N–H and O–H groups in total. The van der Waals surface area contributed by atoms with Crippen molar-refractivity contribution in [1.82, 2.24) is 4.90 Å². The van der Waals surface area contributed by atoms with Gasteiger partial charge in [-0.1, -0.05) is 83.6 Å². The number of hydrogen-bond donors (Lipinski definition) is 0. The van der Waals surface area contributed by atoms with Crippen LogP contribution in [-0.4, -0.2) is 38.1 Å². The Hall–Kier alpha value is -0.830. The van der Waals surface area contributed by atoms with Crippen LogP contribution in [0, 0.1) is 11.8 Å². The normalized spacial score (nSPS) is 16.3. The number of ether oxygens (including phenoxy) is 1. The van der Waals surface area contributed by atoms with Crippen LogP contribution in [0.25, 0.3) is 0 Å². The number of carbonyl (C=O) groups is 1. The van der Waals surface area contributed by atoms with E-state index in [1.807, 2.05) is 0 Å². The lowest BCUT2D eigenvalue weighted by molar-refractivity contribution is -0.139. The van der Waals surface area contributed by atoms with E-state index >= 15 is 0 Å². The molecule has 0 saturated heterocycles. The van der Waals surface area contributed by atoms with Gasteiger partial charge in [0.05, 0.1) is 6.61 Å². The average molecular weight is 394 g/mol. The smallest absolute Gasteiger partial charge is 0.333 e. The Labute approximate surface area is 175 Å². The van der Waals surface area contributed by atoms with E-state index in [9.17, 15) is 4.79 Å². The fraction of sp³-hybridized carbons (Fsp3) is 0.880. The number of unbranched alkanes of at least 4 members (excludes halogenated alkanes) is 6. The van der Waals surface area contributed by atoms with Crippen molar-refractivity contribution < 1.29 is 9.53 Å². The highest BCUT2D eigenvalue weighted by atomic mass is 16.5. The van der Waals surface area contributed by atoms with Crippen LogP contribution in [0.15, 0.2) is 12.2 Å². The van der Waals surface area contributed by atoms with Crippen molar-refractivity contribution in [1.29, 1.82) is 0 Å². The van der Waals surface area contributed by atoms with E-state index < -0.39 is 0 Å². The van der Waals surface area contributed by atoms with Crippen molar-refractivity contribution in [3.8, 4) is 0 Å². The summed E-state index contributed by atoms with van der Waals surface area (Å²) in [6, 6.07) is 0. The van der Waals surface area contributed by atoms with Gasteiger partial charge in [-0.2, -0.15) is 0 Å². The molecule has 1 fully saturated rings. The molecule has 1 rings (SSSR count). The Balaban J connectivity index is 2.06. The van der Waals surface area contributed by atoms with Crippen molar-refractivity contribution in [2.24, 2.45) is 11.8 Å². The molecule has 0 amide bonds. The molecule has 3 heteroatoms. The van der Waals surface area contributed by atoms with Crippen LogP contribution in [0.5, 0.6) is 0 Å². The molecular weight excluding hydrogens is 346 g/mol. The van der Waals surface area contributed by atoms with E-state index in [0.29, 0.717) is 12.2 Å². The van der Waals surface area contributed by atoms with Gasteiger partial charge in [0.2, 0.25) is 0 Å². The van der Waals surface area contributed by atoms with Gasteiger partial charge in [-0.05, 0) is 58.7 Å². The molecule has 0 heterocycles. The standard InChI is InChI=1S/C25H47NO2/c1-22(2)25(27)28-21-14-9-7-5-6-8-11-16-24(19-15-20-26(3)4)23-17-12-10-13-18-23/h23-24H,1,5-21H2,2-4H3. The first-order valence-electron chi connectivity index (χ1n) is 12.0. The second kappa shape index (κ2) is 16.0. The van der Waals surface area contributed by atoms with Gasteiger partial charge >= 0.3 is 5.97 Å². The van der Waals surface area contributed by atoms with Crippen LogP contribution < -0.4 is 0 Å². The maximum absolute atomic E-state index is 11.3. The van der Waals surface area contributed by atoms with Gasteiger partial charge < -0.3 is 9.64 Å². The number of hydrogen-bond acceptors (Lipinski definition) is 3. The van der Waals surface area contributed by atoms with Crippen molar-refractivity contribution in [2.45, 2.75) is 103 Å². The summed E-state index contributed by atoms with van der Waals surface area (Å²) < 4.78 is 5.14. The first kappa shape index (κ1) is 25.2. The van der Waals surface area contributed by atoms with Gasteiger partial charge in [-0.15, -0.1) is 0 Å².